The predicted octanol–water partition coefficient (Wildman–Crippen LogP) is 5.36. The number of hydrogen-bond donors (Lipinski definition) is 1. The molecular weight excluding hydrogens is 533 g/mol. The van der Waals surface area contributed by atoms with Crippen LogP contribution in [0.15, 0.2) is 84.0 Å². The Morgan fingerprint density at radius 1 is 0.938 bits per heavy atom. The van der Waals surface area contributed by atoms with Gasteiger partial charge in [0.2, 0.25) is 11.1 Å². The van der Waals surface area contributed by atoms with Crippen LogP contribution in [-0.4, -0.2) is 31.4 Å². The maximum Gasteiger partial charge on any atom is 0.234 e. The molecule has 2 aromatic heterocycles. The van der Waals surface area contributed by atoms with Crippen LogP contribution in [0, 0.1) is 3.57 Å². The lowest BCUT2D eigenvalue weighted by atomic mass is 10.2. The first-order chi connectivity index (χ1) is 15.7. The highest BCUT2D eigenvalue weighted by Crippen LogP contribution is 2.28. The van der Waals surface area contributed by atoms with Crippen molar-refractivity contribution in [1.29, 1.82) is 0 Å². The lowest BCUT2D eigenvalue weighted by Crippen LogP contribution is -2.14. The third kappa shape index (κ3) is 4.46. The van der Waals surface area contributed by atoms with Crippen LogP contribution in [0.2, 0.25) is 0 Å². The Hall–Kier alpha value is -2.98. The summed E-state index contributed by atoms with van der Waals surface area (Å²) in [7, 11) is 0. The van der Waals surface area contributed by atoms with Crippen molar-refractivity contribution in [3.05, 3.63) is 88.0 Å². The van der Waals surface area contributed by atoms with Gasteiger partial charge >= 0.3 is 0 Å². The SMILES string of the molecule is O=C(CSc1nnc2c3ccccc3n(Cc3ccccc3)c2n1)Nc1ccc(I)cc1. The van der Waals surface area contributed by atoms with Gasteiger partial charge in [0.25, 0.3) is 0 Å². The van der Waals surface area contributed by atoms with Crippen LogP contribution in [-0.2, 0) is 11.3 Å². The van der Waals surface area contributed by atoms with Crippen molar-refractivity contribution in [3.8, 4) is 0 Å². The number of carbonyl (C=O) groups excluding carboxylic acids is 1. The van der Waals surface area contributed by atoms with E-state index < -0.39 is 0 Å². The number of amides is 1. The lowest BCUT2D eigenvalue weighted by molar-refractivity contribution is -0.113. The van der Waals surface area contributed by atoms with Crippen LogP contribution in [0.4, 0.5) is 5.69 Å². The maximum atomic E-state index is 12.4. The molecule has 0 fully saturated rings. The zero-order valence-corrected chi connectivity index (χ0v) is 19.9. The Morgan fingerprint density at radius 3 is 2.50 bits per heavy atom. The number of nitrogens with zero attached hydrogens (tertiary/aromatic N) is 4. The number of rotatable bonds is 6. The molecule has 32 heavy (non-hydrogen) atoms. The van der Waals surface area contributed by atoms with E-state index in [1.54, 1.807) is 0 Å². The molecule has 0 bridgehead atoms. The molecule has 5 aromatic rings. The fourth-order valence-corrected chi connectivity index (χ4v) is 4.48. The molecule has 0 aliphatic rings. The van der Waals surface area contributed by atoms with Crippen molar-refractivity contribution >= 4 is 68.0 Å². The molecule has 0 saturated heterocycles. The van der Waals surface area contributed by atoms with E-state index in [0.717, 1.165) is 31.3 Å². The summed E-state index contributed by atoms with van der Waals surface area (Å²) in [6, 6.07) is 26.1. The number of anilines is 1. The molecule has 0 unspecified atom stereocenters. The Balaban J connectivity index is 1.41. The third-order valence-corrected chi connectivity index (χ3v) is 6.56. The maximum absolute atomic E-state index is 12.4. The second-order valence-corrected chi connectivity index (χ2v) is 9.39. The van der Waals surface area contributed by atoms with E-state index in [2.05, 4.69) is 60.9 Å². The first-order valence-corrected chi connectivity index (χ1v) is 12.1. The van der Waals surface area contributed by atoms with Gasteiger partial charge in [0, 0.05) is 21.2 Å². The van der Waals surface area contributed by atoms with Crippen molar-refractivity contribution in [2.24, 2.45) is 0 Å². The van der Waals surface area contributed by atoms with Crippen molar-refractivity contribution < 1.29 is 4.79 Å². The van der Waals surface area contributed by atoms with Crippen LogP contribution in [0.25, 0.3) is 22.1 Å². The highest BCUT2D eigenvalue weighted by atomic mass is 127. The van der Waals surface area contributed by atoms with Gasteiger partial charge in [-0.25, -0.2) is 4.98 Å². The minimum atomic E-state index is -0.107. The zero-order chi connectivity index (χ0) is 21.9. The molecule has 5 rings (SSSR count). The van der Waals surface area contributed by atoms with Gasteiger partial charge in [0.15, 0.2) is 5.65 Å². The van der Waals surface area contributed by atoms with Gasteiger partial charge in [0.05, 0.1) is 11.3 Å². The fraction of sp³-hybridized carbons (Fsp3) is 0.0833. The van der Waals surface area contributed by atoms with Gasteiger partial charge in [0.1, 0.15) is 5.52 Å². The second-order valence-electron chi connectivity index (χ2n) is 7.20. The summed E-state index contributed by atoms with van der Waals surface area (Å²) in [5.74, 6) is 0.0997. The molecule has 0 aliphatic carbocycles. The van der Waals surface area contributed by atoms with Crippen molar-refractivity contribution in [2.45, 2.75) is 11.7 Å². The third-order valence-electron chi connectivity index (χ3n) is 5.00. The smallest absolute Gasteiger partial charge is 0.234 e. The van der Waals surface area contributed by atoms with Crippen LogP contribution in [0.5, 0.6) is 0 Å². The van der Waals surface area contributed by atoms with Crippen LogP contribution < -0.4 is 5.32 Å². The molecule has 8 heteroatoms. The summed E-state index contributed by atoms with van der Waals surface area (Å²) in [5, 5.41) is 13.1. The summed E-state index contributed by atoms with van der Waals surface area (Å²) in [6.45, 7) is 0.681. The number of nitrogens with one attached hydrogen (secondary N) is 1. The summed E-state index contributed by atoms with van der Waals surface area (Å²) in [4.78, 5) is 17.1. The van der Waals surface area contributed by atoms with E-state index in [0.29, 0.717) is 11.7 Å². The molecule has 3 aromatic carbocycles. The lowest BCUT2D eigenvalue weighted by Gasteiger charge is -2.07. The van der Waals surface area contributed by atoms with Crippen LogP contribution in [0.1, 0.15) is 5.56 Å². The molecule has 1 N–H and O–H groups in total. The molecule has 0 radical (unpaired) electrons. The quantitative estimate of drug-likeness (QED) is 0.227. The molecule has 158 valence electrons. The number of aromatic nitrogens is 4. The van der Waals surface area contributed by atoms with E-state index in [9.17, 15) is 4.79 Å². The number of fused-ring (bicyclic) bond motifs is 3. The first-order valence-electron chi connectivity index (χ1n) is 10.0. The molecule has 0 spiro atoms. The van der Waals surface area contributed by atoms with Crippen LogP contribution in [0.3, 0.4) is 0 Å². The van der Waals surface area contributed by atoms with E-state index in [4.69, 9.17) is 4.98 Å². The summed E-state index contributed by atoms with van der Waals surface area (Å²) in [6.07, 6.45) is 0. The molecule has 6 nitrogen and oxygen atoms in total. The Morgan fingerprint density at radius 2 is 1.69 bits per heavy atom. The van der Waals surface area contributed by atoms with Gasteiger partial charge in [-0.3, -0.25) is 4.79 Å². The minimum absolute atomic E-state index is 0.107. The van der Waals surface area contributed by atoms with Crippen molar-refractivity contribution in [1.82, 2.24) is 19.7 Å². The molecular formula is C24H18IN5OS. The average Bonchev–Trinajstić information content (AvgIpc) is 3.13. The van der Waals surface area contributed by atoms with E-state index in [1.807, 2.05) is 60.7 Å². The monoisotopic (exact) mass is 551 g/mol. The molecule has 0 atom stereocenters. The second kappa shape index (κ2) is 9.25. The van der Waals surface area contributed by atoms with Crippen LogP contribution >= 0.6 is 34.4 Å². The number of carbonyl (C=O) groups is 1. The van der Waals surface area contributed by atoms with Gasteiger partial charge in [-0.15, -0.1) is 10.2 Å². The molecule has 0 saturated carbocycles. The molecule has 1 amide bonds. The zero-order valence-electron chi connectivity index (χ0n) is 16.9. The van der Waals surface area contributed by atoms with E-state index in [-0.39, 0.29) is 11.7 Å². The van der Waals surface area contributed by atoms with Gasteiger partial charge in [-0.05, 0) is 58.5 Å². The highest BCUT2D eigenvalue weighted by molar-refractivity contribution is 14.1. The van der Waals surface area contributed by atoms with Crippen molar-refractivity contribution in [2.75, 3.05) is 11.1 Å². The predicted molar refractivity (Wildman–Crippen MR) is 137 cm³/mol. The van der Waals surface area contributed by atoms with Gasteiger partial charge in [-0.1, -0.05) is 60.3 Å². The number of benzene rings is 3. The molecule has 0 aliphatic heterocycles. The van der Waals surface area contributed by atoms with E-state index in [1.165, 1.54) is 17.3 Å². The Kier molecular flexibility index (Phi) is 6.04. The standard InChI is InChI=1S/C24H18IN5OS/c25-17-10-12-18(13-11-17)26-21(31)15-32-24-27-23-22(28-29-24)19-8-4-5-9-20(19)30(23)14-16-6-2-1-3-7-16/h1-13H,14-15H2,(H,26,31). The number of hydrogen-bond acceptors (Lipinski definition) is 5. The molecule has 2 heterocycles. The highest BCUT2D eigenvalue weighted by Gasteiger charge is 2.16. The number of halogens is 1. The Labute approximate surface area is 202 Å². The summed E-state index contributed by atoms with van der Waals surface area (Å²) >= 11 is 3.51. The normalized spacial score (nSPS) is 11.2. The largest absolute Gasteiger partial charge is 0.325 e. The summed E-state index contributed by atoms with van der Waals surface area (Å²) < 4.78 is 3.28. The van der Waals surface area contributed by atoms with E-state index >= 15 is 0 Å². The topological polar surface area (TPSA) is 72.7 Å². The van der Waals surface area contributed by atoms with Gasteiger partial charge < -0.3 is 9.88 Å². The minimum Gasteiger partial charge on any atom is -0.325 e. The number of para-hydroxylation sites is 1. The Bertz CT molecular complexity index is 1400. The van der Waals surface area contributed by atoms with Gasteiger partial charge in [-0.2, -0.15) is 0 Å². The number of thioether (sulfide) groups is 1. The first kappa shape index (κ1) is 20.9. The summed E-state index contributed by atoms with van der Waals surface area (Å²) in [5.41, 5.74) is 4.55. The van der Waals surface area contributed by atoms with Crippen molar-refractivity contribution in [3.63, 3.8) is 0 Å². The average molecular weight is 551 g/mol. The fourth-order valence-electron chi connectivity index (χ4n) is 3.54.